The largest absolute Gasteiger partial charge is 0.492 e. The molecule has 0 aliphatic carbocycles. The van der Waals surface area contributed by atoms with Crippen molar-refractivity contribution in [1.29, 1.82) is 0 Å². The second-order valence-electron chi connectivity index (χ2n) is 4.46. The van der Waals surface area contributed by atoms with Crippen molar-refractivity contribution in [3.63, 3.8) is 0 Å². The lowest BCUT2D eigenvalue weighted by Crippen LogP contribution is -2.08. The summed E-state index contributed by atoms with van der Waals surface area (Å²) >= 11 is 0. The lowest BCUT2D eigenvalue weighted by Gasteiger charge is -2.14. The Hall–Kier alpha value is -1.27. The number of benzene rings is 1. The highest BCUT2D eigenvalue weighted by Crippen LogP contribution is 2.33. The molecule has 0 aliphatic heterocycles. The van der Waals surface area contributed by atoms with E-state index in [2.05, 4.69) is 0 Å². The summed E-state index contributed by atoms with van der Waals surface area (Å²) in [6, 6.07) is 4.69. The summed E-state index contributed by atoms with van der Waals surface area (Å²) in [5, 5.41) is 0. The van der Waals surface area contributed by atoms with E-state index < -0.39 is 10.1 Å². The van der Waals surface area contributed by atoms with Crippen molar-refractivity contribution in [3.8, 4) is 11.5 Å². The molecule has 20 heavy (non-hydrogen) atoms. The minimum Gasteiger partial charge on any atom is -0.492 e. The molecule has 0 unspecified atom stereocenters. The third kappa shape index (κ3) is 5.02. The molecule has 0 spiro atoms. The van der Waals surface area contributed by atoms with Gasteiger partial charge in [-0.05, 0) is 25.0 Å². The summed E-state index contributed by atoms with van der Waals surface area (Å²) in [4.78, 5) is -0.285. The zero-order valence-electron chi connectivity index (χ0n) is 12.0. The fourth-order valence-electron chi connectivity index (χ4n) is 1.63. The van der Waals surface area contributed by atoms with Gasteiger partial charge in [-0.3, -0.25) is 4.55 Å². The second-order valence-corrected chi connectivity index (χ2v) is 5.82. The van der Waals surface area contributed by atoms with Gasteiger partial charge in [0.2, 0.25) is 0 Å². The molecule has 0 amide bonds. The quantitative estimate of drug-likeness (QED) is 0.559. The van der Waals surface area contributed by atoms with Crippen LogP contribution in [0.2, 0.25) is 0 Å². The molecule has 5 nitrogen and oxygen atoms in total. The Labute approximate surface area is 120 Å². The molecule has 0 aliphatic rings. The van der Waals surface area contributed by atoms with Crippen LogP contribution in [-0.4, -0.2) is 26.2 Å². The van der Waals surface area contributed by atoms with Crippen molar-refractivity contribution >= 4 is 10.1 Å². The predicted octanol–water partition coefficient (Wildman–Crippen LogP) is 3.29. The fraction of sp³-hybridized carbons (Fsp3) is 0.571. The van der Waals surface area contributed by atoms with Crippen molar-refractivity contribution < 1.29 is 22.4 Å². The van der Waals surface area contributed by atoms with Crippen LogP contribution >= 0.6 is 0 Å². The second kappa shape index (κ2) is 8.11. The van der Waals surface area contributed by atoms with Gasteiger partial charge < -0.3 is 9.47 Å². The van der Waals surface area contributed by atoms with Crippen molar-refractivity contribution in [1.82, 2.24) is 0 Å². The SMILES string of the molecule is CCCCOc1cccc(OCCCC)c1S(=O)(=O)O. The molecule has 1 rings (SSSR count). The van der Waals surface area contributed by atoms with E-state index in [1.165, 1.54) is 12.1 Å². The first-order valence-electron chi connectivity index (χ1n) is 6.86. The zero-order valence-corrected chi connectivity index (χ0v) is 12.8. The first-order valence-corrected chi connectivity index (χ1v) is 8.30. The van der Waals surface area contributed by atoms with E-state index >= 15 is 0 Å². The van der Waals surface area contributed by atoms with Crippen LogP contribution in [0.15, 0.2) is 23.1 Å². The maximum Gasteiger partial charge on any atom is 0.301 e. The Bertz CT molecular complexity index is 482. The van der Waals surface area contributed by atoms with Crippen molar-refractivity contribution in [2.24, 2.45) is 0 Å². The molecule has 6 heteroatoms. The molecule has 0 radical (unpaired) electrons. The topological polar surface area (TPSA) is 72.8 Å². The van der Waals surface area contributed by atoms with Gasteiger partial charge in [0.25, 0.3) is 0 Å². The molecule has 0 aromatic heterocycles. The first kappa shape index (κ1) is 16.8. The molecule has 0 saturated heterocycles. The Kier molecular flexibility index (Phi) is 6.81. The van der Waals surface area contributed by atoms with Crippen molar-refractivity contribution in [2.45, 2.75) is 44.4 Å². The molecule has 1 N–H and O–H groups in total. The van der Waals surface area contributed by atoms with E-state index in [1.807, 2.05) is 13.8 Å². The Balaban J connectivity index is 3.01. The van der Waals surface area contributed by atoms with Gasteiger partial charge in [-0.2, -0.15) is 8.42 Å². The lowest BCUT2D eigenvalue weighted by molar-refractivity contribution is 0.278. The van der Waals surface area contributed by atoms with E-state index in [9.17, 15) is 13.0 Å². The van der Waals surface area contributed by atoms with E-state index in [0.717, 1.165) is 25.7 Å². The third-order valence-corrected chi connectivity index (χ3v) is 3.63. The average molecular weight is 302 g/mol. The molecule has 0 atom stereocenters. The van der Waals surface area contributed by atoms with Gasteiger partial charge >= 0.3 is 10.1 Å². The normalized spacial score (nSPS) is 11.3. The van der Waals surface area contributed by atoms with Gasteiger partial charge in [0.05, 0.1) is 13.2 Å². The number of unbranched alkanes of at least 4 members (excludes halogenated alkanes) is 2. The summed E-state index contributed by atoms with van der Waals surface area (Å²) in [5.74, 6) is 0.268. The highest BCUT2D eigenvalue weighted by atomic mass is 32.2. The monoisotopic (exact) mass is 302 g/mol. The van der Waals surface area contributed by atoms with Crippen molar-refractivity contribution in [3.05, 3.63) is 18.2 Å². The summed E-state index contributed by atoms with van der Waals surface area (Å²) < 4.78 is 43.3. The predicted molar refractivity (Wildman–Crippen MR) is 77.1 cm³/mol. The molecule has 1 aromatic carbocycles. The summed E-state index contributed by atoms with van der Waals surface area (Å²) in [6.45, 7) is 4.82. The lowest BCUT2D eigenvalue weighted by atomic mass is 10.3. The molecule has 114 valence electrons. The Morgan fingerprint density at radius 3 is 1.80 bits per heavy atom. The number of ether oxygens (including phenoxy) is 2. The molecule has 0 heterocycles. The molecular weight excluding hydrogens is 280 g/mol. The van der Waals surface area contributed by atoms with Crippen LogP contribution in [0.1, 0.15) is 39.5 Å². The maximum atomic E-state index is 11.5. The highest BCUT2D eigenvalue weighted by molar-refractivity contribution is 7.86. The molecule has 0 fully saturated rings. The van der Waals surface area contributed by atoms with Crippen LogP contribution in [-0.2, 0) is 10.1 Å². The number of hydrogen-bond donors (Lipinski definition) is 1. The number of hydrogen-bond acceptors (Lipinski definition) is 4. The Morgan fingerprint density at radius 2 is 1.45 bits per heavy atom. The zero-order chi connectivity index (χ0) is 15.0. The minimum absolute atomic E-state index is 0.134. The number of rotatable bonds is 9. The van der Waals surface area contributed by atoms with E-state index in [4.69, 9.17) is 9.47 Å². The molecular formula is C14H22O5S. The van der Waals surface area contributed by atoms with Crippen molar-refractivity contribution in [2.75, 3.05) is 13.2 Å². The average Bonchev–Trinajstić information content (AvgIpc) is 2.38. The fourth-order valence-corrected chi connectivity index (χ4v) is 2.39. The van der Waals surface area contributed by atoms with Gasteiger partial charge in [0, 0.05) is 0 Å². The van der Waals surface area contributed by atoms with Crippen LogP contribution in [0, 0.1) is 0 Å². The Morgan fingerprint density at radius 1 is 1.00 bits per heavy atom. The highest BCUT2D eigenvalue weighted by Gasteiger charge is 2.22. The molecule has 1 aromatic rings. The first-order chi connectivity index (χ1) is 9.50. The van der Waals surface area contributed by atoms with Crippen LogP contribution in [0.4, 0.5) is 0 Å². The summed E-state index contributed by atoms with van der Waals surface area (Å²) in [7, 11) is -4.39. The van der Waals surface area contributed by atoms with Crippen LogP contribution < -0.4 is 9.47 Å². The van der Waals surface area contributed by atoms with E-state index in [-0.39, 0.29) is 16.4 Å². The van der Waals surface area contributed by atoms with Gasteiger partial charge in [-0.15, -0.1) is 0 Å². The van der Waals surface area contributed by atoms with Gasteiger partial charge in [0.15, 0.2) is 4.90 Å². The van der Waals surface area contributed by atoms with E-state index in [1.54, 1.807) is 6.07 Å². The summed E-state index contributed by atoms with van der Waals surface area (Å²) in [6.07, 6.45) is 3.50. The van der Waals surface area contributed by atoms with Crippen LogP contribution in [0.5, 0.6) is 11.5 Å². The van der Waals surface area contributed by atoms with Gasteiger partial charge in [-0.25, -0.2) is 0 Å². The van der Waals surface area contributed by atoms with Gasteiger partial charge in [-0.1, -0.05) is 32.8 Å². The molecule has 0 saturated carbocycles. The van der Waals surface area contributed by atoms with Gasteiger partial charge in [0.1, 0.15) is 11.5 Å². The smallest absolute Gasteiger partial charge is 0.301 e. The van der Waals surface area contributed by atoms with Crippen LogP contribution in [0.3, 0.4) is 0 Å². The standard InChI is InChI=1S/C14H22O5S/c1-3-5-10-18-12-8-7-9-13(19-11-6-4-2)14(12)20(15,16)17/h7-9H,3-6,10-11H2,1-2H3,(H,15,16,17). The minimum atomic E-state index is -4.39. The van der Waals surface area contributed by atoms with E-state index in [0.29, 0.717) is 13.2 Å². The van der Waals surface area contributed by atoms with Crippen LogP contribution in [0.25, 0.3) is 0 Å². The summed E-state index contributed by atoms with van der Waals surface area (Å²) in [5.41, 5.74) is 0. The third-order valence-electron chi connectivity index (χ3n) is 2.71. The molecule has 0 bridgehead atoms. The maximum absolute atomic E-state index is 11.5.